The van der Waals surface area contributed by atoms with Crippen molar-refractivity contribution in [3.05, 3.63) is 30.1 Å². The van der Waals surface area contributed by atoms with Gasteiger partial charge in [0.1, 0.15) is 4.75 Å². The van der Waals surface area contributed by atoms with Crippen LogP contribution in [-0.4, -0.2) is 54.4 Å². The lowest BCUT2D eigenvalue weighted by Crippen LogP contribution is -2.68. The third-order valence-electron chi connectivity index (χ3n) is 5.61. The zero-order chi connectivity index (χ0) is 18.8. The van der Waals surface area contributed by atoms with Crippen LogP contribution in [-0.2, 0) is 26.0 Å². The minimum absolute atomic E-state index is 0.0432. The Morgan fingerprint density at radius 1 is 1.42 bits per heavy atom. The molecule has 1 unspecified atom stereocenters. The largest absolute Gasteiger partial charge is 0.376 e. The Kier molecular flexibility index (Phi) is 5.67. The minimum Gasteiger partial charge on any atom is -0.376 e. The normalized spacial score (nSPS) is 23.3. The molecule has 3 rings (SSSR count). The van der Waals surface area contributed by atoms with Crippen LogP contribution >= 0.6 is 0 Å². The van der Waals surface area contributed by atoms with Crippen molar-refractivity contribution in [3.8, 4) is 0 Å². The molecule has 0 bridgehead atoms. The molecule has 1 spiro atoms. The predicted octanol–water partition coefficient (Wildman–Crippen LogP) is 2.05. The number of carbonyl (C=O) groups is 1. The van der Waals surface area contributed by atoms with Gasteiger partial charge >= 0.3 is 0 Å². The second-order valence-electron chi connectivity index (χ2n) is 7.93. The fraction of sp³-hybridized carbons (Fsp3) is 0.684. The number of carbonyl (C=O) groups excluding carboxylic acids is 1. The molecule has 26 heavy (non-hydrogen) atoms. The Morgan fingerprint density at radius 2 is 2.19 bits per heavy atom. The van der Waals surface area contributed by atoms with Gasteiger partial charge in [0.2, 0.25) is 5.91 Å². The summed E-state index contributed by atoms with van der Waals surface area (Å²) in [6, 6.07) is 3.79. The number of likely N-dealkylation sites (tertiary alicyclic amines) is 1. The summed E-state index contributed by atoms with van der Waals surface area (Å²) in [4.78, 5) is 18.0. The molecule has 1 aromatic heterocycles. The molecule has 2 saturated heterocycles. The van der Waals surface area contributed by atoms with E-state index in [1.807, 2.05) is 12.1 Å². The standard InChI is InChI=1S/C19H28N2O4S/c1-15(2)5-6-18(22)21-13-19(14-21)17(7-9-26(19,23)24)12-25-11-16-4-3-8-20-10-16/h3-4,8,10,15,17H,5-7,9,11-14H2,1-2H3. The Bertz CT molecular complexity index is 727. The molecule has 2 aliphatic heterocycles. The lowest BCUT2D eigenvalue weighted by atomic mass is 9.83. The first-order valence-electron chi connectivity index (χ1n) is 9.31. The van der Waals surface area contributed by atoms with E-state index in [-0.39, 0.29) is 17.6 Å². The predicted molar refractivity (Wildman–Crippen MR) is 99.2 cm³/mol. The Labute approximate surface area is 155 Å². The highest BCUT2D eigenvalue weighted by Gasteiger charge is 2.62. The van der Waals surface area contributed by atoms with Crippen molar-refractivity contribution in [1.82, 2.24) is 9.88 Å². The summed E-state index contributed by atoms with van der Waals surface area (Å²) in [6.45, 7) is 5.66. The fourth-order valence-corrected chi connectivity index (χ4v) is 6.26. The molecule has 1 aromatic rings. The summed E-state index contributed by atoms with van der Waals surface area (Å²) in [5.74, 6) is 0.694. The smallest absolute Gasteiger partial charge is 0.222 e. The summed E-state index contributed by atoms with van der Waals surface area (Å²) in [5, 5.41) is 0. The van der Waals surface area contributed by atoms with Crippen molar-refractivity contribution < 1.29 is 17.9 Å². The molecule has 0 N–H and O–H groups in total. The van der Waals surface area contributed by atoms with Crippen LogP contribution in [0.5, 0.6) is 0 Å². The number of nitrogens with zero attached hydrogens (tertiary/aromatic N) is 2. The quantitative estimate of drug-likeness (QED) is 0.724. The van der Waals surface area contributed by atoms with Gasteiger partial charge < -0.3 is 9.64 Å². The SMILES string of the molecule is CC(C)CCC(=O)N1CC2(C1)C(COCc1cccnc1)CCS2(=O)=O. The molecule has 0 radical (unpaired) electrons. The van der Waals surface area contributed by atoms with E-state index in [1.54, 1.807) is 17.3 Å². The molecule has 1 amide bonds. The molecule has 144 valence electrons. The van der Waals surface area contributed by atoms with E-state index in [4.69, 9.17) is 4.74 Å². The summed E-state index contributed by atoms with van der Waals surface area (Å²) < 4.78 is 30.3. The zero-order valence-electron chi connectivity index (χ0n) is 15.6. The maximum Gasteiger partial charge on any atom is 0.222 e. The first kappa shape index (κ1) is 19.3. The first-order chi connectivity index (χ1) is 12.3. The minimum atomic E-state index is -3.18. The molecule has 0 aliphatic carbocycles. The number of rotatable bonds is 7. The van der Waals surface area contributed by atoms with Crippen LogP contribution in [0.3, 0.4) is 0 Å². The molecule has 7 heteroatoms. The van der Waals surface area contributed by atoms with Crippen molar-refractivity contribution in [3.63, 3.8) is 0 Å². The van der Waals surface area contributed by atoms with Crippen LogP contribution < -0.4 is 0 Å². The van der Waals surface area contributed by atoms with Gasteiger partial charge in [-0.15, -0.1) is 0 Å². The van der Waals surface area contributed by atoms with Gasteiger partial charge in [0, 0.05) is 37.8 Å². The lowest BCUT2D eigenvalue weighted by molar-refractivity contribution is -0.138. The highest BCUT2D eigenvalue weighted by molar-refractivity contribution is 7.93. The number of pyridine rings is 1. The second-order valence-corrected chi connectivity index (χ2v) is 10.4. The van der Waals surface area contributed by atoms with E-state index in [0.717, 1.165) is 12.0 Å². The van der Waals surface area contributed by atoms with Crippen molar-refractivity contribution in [1.29, 1.82) is 0 Å². The average Bonchev–Trinajstić information content (AvgIpc) is 2.83. The number of aromatic nitrogens is 1. The van der Waals surface area contributed by atoms with Gasteiger partial charge in [-0.25, -0.2) is 8.42 Å². The van der Waals surface area contributed by atoms with Gasteiger partial charge in [0.15, 0.2) is 9.84 Å². The molecule has 2 aliphatic rings. The monoisotopic (exact) mass is 380 g/mol. The maximum atomic E-state index is 12.6. The van der Waals surface area contributed by atoms with Crippen LogP contribution in [0.15, 0.2) is 24.5 Å². The van der Waals surface area contributed by atoms with Crippen molar-refractivity contribution >= 4 is 15.7 Å². The van der Waals surface area contributed by atoms with Gasteiger partial charge in [-0.05, 0) is 30.4 Å². The molecule has 1 atom stereocenters. The van der Waals surface area contributed by atoms with Crippen LogP contribution in [0.2, 0.25) is 0 Å². The zero-order valence-corrected chi connectivity index (χ0v) is 16.4. The third kappa shape index (κ3) is 3.78. The van der Waals surface area contributed by atoms with E-state index in [1.165, 1.54) is 0 Å². The van der Waals surface area contributed by atoms with Crippen LogP contribution in [0.4, 0.5) is 0 Å². The summed E-state index contributed by atoms with van der Waals surface area (Å²) in [6.07, 6.45) is 5.41. The molecule has 0 aromatic carbocycles. The molecule has 2 fully saturated rings. The van der Waals surface area contributed by atoms with Gasteiger partial charge in [-0.2, -0.15) is 0 Å². The summed E-state index contributed by atoms with van der Waals surface area (Å²) in [5.41, 5.74) is 0.974. The van der Waals surface area contributed by atoms with Crippen molar-refractivity contribution in [2.45, 2.75) is 44.5 Å². The summed E-state index contributed by atoms with van der Waals surface area (Å²) in [7, 11) is -3.18. The Morgan fingerprint density at radius 3 is 2.85 bits per heavy atom. The van der Waals surface area contributed by atoms with Crippen molar-refractivity contribution in [2.75, 3.05) is 25.4 Å². The second kappa shape index (κ2) is 7.64. The van der Waals surface area contributed by atoms with E-state index in [2.05, 4.69) is 18.8 Å². The molecular formula is C19H28N2O4S. The number of hydrogen-bond acceptors (Lipinski definition) is 5. The van der Waals surface area contributed by atoms with E-state index in [0.29, 0.717) is 45.1 Å². The fourth-order valence-electron chi connectivity index (χ4n) is 3.86. The van der Waals surface area contributed by atoms with Gasteiger partial charge in [0.25, 0.3) is 0 Å². The average molecular weight is 381 g/mol. The van der Waals surface area contributed by atoms with Crippen LogP contribution in [0.1, 0.15) is 38.7 Å². The molecule has 3 heterocycles. The van der Waals surface area contributed by atoms with Crippen LogP contribution in [0, 0.1) is 11.8 Å². The maximum absolute atomic E-state index is 12.6. The molecule has 0 saturated carbocycles. The van der Waals surface area contributed by atoms with Gasteiger partial charge in [-0.1, -0.05) is 19.9 Å². The topological polar surface area (TPSA) is 76.6 Å². The number of amides is 1. The van der Waals surface area contributed by atoms with Gasteiger partial charge in [0.05, 0.1) is 19.0 Å². The van der Waals surface area contributed by atoms with Gasteiger partial charge in [-0.3, -0.25) is 9.78 Å². The van der Waals surface area contributed by atoms with Crippen molar-refractivity contribution in [2.24, 2.45) is 11.8 Å². The number of ether oxygens (including phenoxy) is 1. The van der Waals surface area contributed by atoms with E-state index in [9.17, 15) is 13.2 Å². The first-order valence-corrected chi connectivity index (χ1v) is 11.0. The lowest BCUT2D eigenvalue weighted by Gasteiger charge is -2.50. The third-order valence-corrected chi connectivity index (χ3v) is 8.22. The summed E-state index contributed by atoms with van der Waals surface area (Å²) >= 11 is 0. The van der Waals surface area contributed by atoms with E-state index >= 15 is 0 Å². The highest BCUT2D eigenvalue weighted by Crippen LogP contribution is 2.45. The van der Waals surface area contributed by atoms with Crippen LogP contribution in [0.25, 0.3) is 0 Å². The number of hydrogen-bond donors (Lipinski definition) is 0. The Hall–Kier alpha value is -1.47. The molecule has 6 nitrogen and oxygen atoms in total. The highest BCUT2D eigenvalue weighted by atomic mass is 32.2. The molecular weight excluding hydrogens is 352 g/mol. The Balaban J connectivity index is 1.57. The number of sulfone groups is 1. The van der Waals surface area contributed by atoms with E-state index < -0.39 is 14.6 Å².